The molecule has 2 aromatic rings. The second-order valence-corrected chi connectivity index (χ2v) is 9.86. The molecule has 0 radical (unpaired) electrons. The highest BCUT2D eigenvalue weighted by Crippen LogP contribution is 2.20. The standard InChI is InChI=1S/C26H37N9O6/c27-18(3-1-9-31-26(28)29)22(37)33-19(12-16-13-30-14-32-16)23(38)34-20(11-15-5-7-17(36)8-6-15)24(39)35-10-2-4-21(35)25(40)41/h5-8,13-14,18-21,36H,1-4,9-12,27H2,(H,30,32)(H,33,37)(H,34,38)(H,40,41)(H4,28,29,31). The zero-order chi connectivity index (χ0) is 29.9. The van der Waals surface area contributed by atoms with Crippen molar-refractivity contribution in [3.05, 3.63) is 48.0 Å². The average molecular weight is 572 g/mol. The largest absolute Gasteiger partial charge is 0.508 e. The quantitative estimate of drug-likeness (QED) is 0.0726. The summed E-state index contributed by atoms with van der Waals surface area (Å²) >= 11 is 0. The number of phenolic OH excluding ortho intramolecular Hbond substituents is 1. The molecule has 3 rings (SSSR count). The predicted octanol–water partition coefficient (Wildman–Crippen LogP) is -1.67. The van der Waals surface area contributed by atoms with Gasteiger partial charge in [0.1, 0.15) is 23.9 Å². The number of nitrogens with one attached hydrogen (secondary N) is 3. The first-order valence-corrected chi connectivity index (χ1v) is 13.2. The Hall–Kier alpha value is -4.66. The number of rotatable bonds is 14. The first kappa shape index (κ1) is 30.9. The molecule has 4 atom stereocenters. The molecular formula is C26H37N9O6. The van der Waals surface area contributed by atoms with Crippen LogP contribution in [0.4, 0.5) is 0 Å². The van der Waals surface area contributed by atoms with Crippen LogP contribution in [-0.2, 0) is 32.0 Å². The van der Waals surface area contributed by atoms with E-state index in [1.54, 1.807) is 12.1 Å². The number of H-pyrrole nitrogens is 1. The Kier molecular flexibility index (Phi) is 11.0. The van der Waals surface area contributed by atoms with Gasteiger partial charge in [0.25, 0.3) is 0 Å². The molecule has 3 amide bonds. The van der Waals surface area contributed by atoms with E-state index in [1.807, 2.05) is 0 Å². The molecule has 11 N–H and O–H groups in total. The van der Waals surface area contributed by atoms with Crippen molar-refractivity contribution in [2.24, 2.45) is 22.2 Å². The Labute approximate surface area is 236 Å². The van der Waals surface area contributed by atoms with Crippen LogP contribution in [0.1, 0.15) is 36.9 Å². The number of aromatic hydroxyl groups is 1. The van der Waals surface area contributed by atoms with E-state index in [1.165, 1.54) is 29.6 Å². The van der Waals surface area contributed by atoms with E-state index in [4.69, 9.17) is 17.2 Å². The summed E-state index contributed by atoms with van der Waals surface area (Å²) in [5.74, 6) is -2.96. The molecule has 1 aromatic carbocycles. The van der Waals surface area contributed by atoms with Gasteiger partial charge in [-0.15, -0.1) is 0 Å². The fourth-order valence-corrected chi connectivity index (χ4v) is 4.58. The number of carboxylic acids is 1. The summed E-state index contributed by atoms with van der Waals surface area (Å²) in [5.41, 5.74) is 17.8. The SMILES string of the molecule is NC(N)=NCCCC(N)C(=O)NC(Cc1cnc[nH]1)C(=O)NC(Cc1ccc(O)cc1)C(=O)N1CCCC1C(=O)O. The Balaban J connectivity index is 1.78. The van der Waals surface area contributed by atoms with Crippen molar-refractivity contribution in [1.29, 1.82) is 0 Å². The molecule has 15 heteroatoms. The van der Waals surface area contributed by atoms with Crippen LogP contribution in [0.25, 0.3) is 0 Å². The average Bonchev–Trinajstić information content (AvgIpc) is 3.63. The lowest BCUT2D eigenvalue weighted by Gasteiger charge is -2.29. The summed E-state index contributed by atoms with van der Waals surface area (Å²) < 4.78 is 0. The van der Waals surface area contributed by atoms with Crippen LogP contribution >= 0.6 is 0 Å². The molecule has 1 aliphatic heterocycles. The van der Waals surface area contributed by atoms with Gasteiger partial charge in [0.05, 0.1) is 12.4 Å². The second kappa shape index (κ2) is 14.6. The number of imidazole rings is 1. The van der Waals surface area contributed by atoms with Crippen LogP contribution in [0, 0.1) is 0 Å². The Morgan fingerprint density at radius 2 is 1.80 bits per heavy atom. The van der Waals surface area contributed by atoms with E-state index < -0.39 is 47.9 Å². The summed E-state index contributed by atoms with van der Waals surface area (Å²) in [4.78, 5) is 63.7. The van der Waals surface area contributed by atoms with E-state index in [0.717, 1.165) is 0 Å². The number of aromatic amines is 1. The number of hydrogen-bond acceptors (Lipinski definition) is 8. The normalized spacial score (nSPS) is 16.8. The van der Waals surface area contributed by atoms with Crippen molar-refractivity contribution in [2.75, 3.05) is 13.1 Å². The first-order valence-electron chi connectivity index (χ1n) is 13.2. The van der Waals surface area contributed by atoms with E-state index in [-0.39, 0.29) is 44.1 Å². The molecule has 15 nitrogen and oxygen atoms in total. The first-order chi connectivity index (χ1) is 19.5. The zero-order valence-electron chi connectivity index (χ0n) is 22.5. The fourth-order valence-electron chi connectivity index (χ4n) is 4.58. The van der Waals surface area contributed by atoms with Crippen LogP contribution in [-0.4, -0.2) is 92.0 Å². The van der Waals surface area contributed by atoms with Crippen molar-refractivity contribution in [3.63, 3.8) is 0 Å². The minimum atomic E-state index is -1.14. The topological polar surface area (TPSA) is 255 Å². The summed E-state index contributed by atoms with van der Waals surface area (Å²) in [5, 5.41) is 24.6. The molecule has 1 aromatic heterocycles. The third-order valence-electron chi connectivity index (χ3n) is 6.73. The third kappa shape index (κ3) is 9.20. The number of amides is 3. The van der Waals surface area contributed by atoms with Crippen molar-refractivity contribution in [2.45, 2.75) is 62.7 Å². The highest BCUT2D eigenvalue weighted by atomic mass is 16.4. The van der Waals surface area contributed by atoms with Gasteiger partial charge in [-0.3, -0.25) is 19.4 Å². The van der Waals surface area contributed by atoms with Crippen LogP contribution in [0.5, 0.6) is 5.75 Å². The number of hydrogen-bond donors (Lipinski definition) is 8. The summed E-state index contributed by atoms with van der Waals surface area (Å²) in [6.07, 6.45) is 4.51. The fraction of sp³-hybridized carbons (Fsp3) is 0.462. The van der Waals surface area contributed by atoms with Crippen molar-refractivity contribution in [1.82, 2.24) is 25.5 Å². The van der Waals surface area contributed by atoms with Gasteiger partial charge in [-0.05, 0) is 43.4 Å². The Bertz CT molecular complexity index is 1210. The number of aliphatic imine (C=N–C) groups is 1. The minimum absolute atomic E-state index is 0.0277. The lowest BCUT2D eigenvalue weighted by molar-refractivity contribution is -0.149. The highest BCUT2D eigenvalue weighted by Gasteiger charge is 2.38. The van der Waals surface area contributed by atoms with E-state index in [2.05, 4.69) is 25.6 Å². The molecule has 0 aliphatic carbocycles. The minimum Gasteiger partial charge on any atom is -0.508 e. The summed E-state index contributed by atoms with van der Waals surface area (Å²) in [6.45, 7) is 0.525. The Morgan fingerprint density at radius 3 is 2.44 bits per heavy atom. The molecule has 222 valence electrons. The number of aromatic nitrogens is 2. The molecule has 1 fully saturated rings. The van der Waals surface area contributed by atoms with Crippen LogP contribution in [0.3, 0.4) is 0 Å². The number of phenols is 1. The molecule has 0 bridgehead atoms. The summed E-state index contributed by atoms with van der Waals surface area (Å²) in [7, 11) is 0. The van der Waals surface area contributed by atoms with Crippen molar-refractivity contribution < 1.29 is 29.4 Å². The van der Waals surface area contributed by atoms with Crippen LogP contribution in [0.15, 0.2) is 41.8 Å². The van der Waals surface area contributed by atoms with Crippen LogP contribution in [0.2, 0.25) is 0 Å². The number of benzene rings is 1. The maximum atomic E-state index is 13.6. The zero-order valence-corrected chi connectivity index (χ0v) is 22.5. The molecule has 41 heavy (non-hydrogen) atoms. The van der Waals surface area contributed by atoms with Crippen molar-refractivity contribution >= 4 is 29.7 Å². The lowest BCUT2D eigenvalue weighted by atomic mass is 10.0. The lowest BCUT2D eigenvalue weighted by Crippen LogP contribution is -2.58. The molecule has 4 unspecified atom stereocenters. The number of guanidine groups is 1. The third-order valence-corrected chi connectivity index (χ3v) is 6.73. The van der Waals surface area contributed by atoms with Gasteiger partial charge in [-0.2, -0.15) is 0 Å². The van der Waals surface area contributed by atoms with Crippen molar-refractivity contribution in [3.8, 4) is 5.75 Å². The van der Waals surface area contributed by atoms with Gasteiger partial charge < -0.3 is 47.9 Å². The van der Waals surface area contributed by atoms with Gasteiger partial charge in [0.2, 0.25) is 17.7 Å². The smallest absolute Gasteiger partial charge is 0.326 e. The van der Waals surface area contributed by atoms with Gasteiger partial charge in [-0.1, -0.05) is 12.1 Å². The number of aliphatic carboxylic acids is 1. The number of carboxylic acid groups (broad SMARTS) is 1. The molecular weight excluding hydrogens is 534 g/mol. The second-order valence-electron chi connectivity index (χ2n) is 9.86. The molecule has 1 saturated heterocycles. The Morgan fingerprint density at radius 1 is 1.10 bits per heavy atom. The van der Waals surface area contributed by atoms with E-state index in [0.29, 0.717) is 30.5 Å². The molecule has 0 saturated carbocycles. The van der Waals surface area contributed by atoms with E-state index in [9.17, 15) is 29.4 Å². The molecule has 2 heterocycles. The van der Waals surface area contributed by atoms with Gasteiger partial charge in [0.15, 0.2) is 5.96 Å². The molecule has 1 aliphatic rings. The van der Waals surface area contributed by atoms with Crippen LogP contribution < -0.4 is 27.8 Å². The molecule has 0 spiro atoms. The number of nitrogens with zero attached hydrogens (tertiary/aromatic N) is 3. The summed E-state index contributed by atoms with van der Waals surface area (Å²) in [6, 6.07) is 1.89. The van der Waals surface area contributed by atoms with E-state index >= 15 is 0 Å². The number of nitrogens with two attached hydrogens (primary N) is 3. The monoisotopic (exact) mass is 571 g/mol. The number of carbonyl (C=O) groups is 4. The highest BCUT2D eigenvalue weighted by molar-refractivity contribution is 5.94. The van der Waals surface area contributed by atoms with Gasteiger partial charge in [-0.25, -0.2) is 9.78 Å². The maximum absolute atomic E-state index is 13.6. The van der Waals surface area contributed by atoms with Gasteiger partial charge >= 0.3 is 5.97 Å². The number of likely N-dealkylation sites (tertiary alicyclic amines) is 1. The number of carbonyl (C=O) groups excluding carboxylic acids is 3. The maximum Gasteiger partial charge on any atom is 0.326 e. The van der Waals surface area contributed by atoms with Gasteiger partial charge in [0, 0.05) is 37.8 Å². The predicted molar refractivity (Wildman–Crippen MR) is 148 cm³/mol.